The summed E-state index contributed by atoms with van der Waals surface area (Å²) in [6.45, 7) is 2.00. The van der Waals surface area contributed by atoms with E-state index in [0.717, 1.165) is 48.9 Å². The molecule has 7 heteroatoms. The van der Waals surface area contributed by atoms with Gasteiger partial charge < -0.3 is 10.2 Å². The molecule has 0 bridgehead atoms. The van der Waals surface area contributed by atoms with Gasteiger partial charge >= 0.3 is 0 Å². The number of H-pyrrole nitrogens is 1. The van der Waals surface area contributed by atoms with Crippen LogP contribution in [0.15, 0.2) is 70.8 Å². The number of rotatable bonds is 7. The molecule has 0 spiro atoms. The number of nitrogens with zero attached hydrogens (tertiary/aromatic N) is 2. The number of nitrogens with one attached hydrogen (secondary N) is 2. The summed E-state index contributed by atoms with van der Waals surface area (Å²) in [7, 11) is 0. The number of carbonyl (C=O) groups is 1. The van der Waals surface area contributed by atoms with Crippen molar-refractivity contribution in [3.05, 3.63) is 82.0 Å². The molecule has 1 aliphatic heterocycles. The summed E-state index contributed by atoms with van der Waals surface area (Å²) in [4.78, 5) is 35.5. The molecule has 0 unspecified atom stereocenters. The molecule has 1 amide bonds. The topological polar surface area (TPSA) is 78.1 Å². The van der Waals surface area contributed by atoms with Gasteiger partial charge in [0.15, 0.2) is 0 Å². The summed E-state index contributed by atoms with van der Waals surface area (Å²) in [6.07, 6.45) is 3.60. The molecule has 5 rings (SSSR count). The molecule has 0 aliphatic carbocycles. The van der Waals surface area contributed by atoms with Crippen LogP contribution in [0, 0.1) is 5.92 Å². The molecule has 2 aromatic heterocycles. The summed E-state index contributed by atoms with van der Waals surface area (Å²) in [5.41, 5.74) is 3.90. The van der Waals surface area contributed by atoms with Gasteiger partial charge in [0, 0.05) is 30.6 Å². The van der Waals surface area contributed by atoms with Crippen LogP contribution in [0.4, 0.5) is 5.95 Å². The number of amides is 1. The Kier molecular flexibility index (Phi) is 6.72. The first-order valence-electron chi connectivity index (χ1n) is 11.8. The molecule has 34 heavy (non-hydrogen) atoms. The first-order valence-corrected chi connectivity index (χ1v) is 12.7. The maximum absolute atomic E-state index is 12.8. The molecule has 1 atom stereocenters. The number of piperidine rings is 1. The molecule has 3 heterocycles. The smallest absolute Gasteiger partial charge is 0.270 e. The molecule has 2 aromatic carbocycles. The Balaban J connectivity index is 1.26. The van der Waals surface area contributed by atoms with E-state index in [1.807, 2.05) is 58.8 Å². The lowest BCUT2D eigenvalue weighted by Crippen LogP contribution is -2.44. The van der Waals surface area contributed by atoms with Gasteiger partial charge in [-0.1, -0.05) is 60.7 Å². The average Bonchev–Trinajstić information content (AvgIpc) is 3.32. The number of aryl methyl sites for hydroxylation is 1. The fourth-order valence-corrected chi connectivity index (χ4v) is 5.47. The lowest BCUT2D eigenvalue weighted by molar-refractivity contribution is -0.125. The first-order chi connectivity index (χ1) is 16.7. The minimum atomic E-state index is -0.125. The Morgan fingerprint density at radius 3 is 2.68 bits per heavy atom. The van der Waals surface area contributed by atoms with Crippen molar-refractivity contribution in [2.75, 3.05) is 24.5 Å². The molecule has 0 saturated carbocycles. The molecule has 4 aromatic rings. The van der Waals surface area contributed by atoms with Gasteiger partial charge in [-0.25, -0.2) is 4.98 Å². The summed E-state index contributed by atoms with van der Waals surface area (Å²) in [5.74, 6) is 0.527. The number of carbonyl (C=O) groups excluding carboxylic acids is 1. The standard InChI is InChI=1S/C27H28N4O2S/c32-25(28-15-7-11-19-9-3-1-4-10-19)21-14-8-16-31(17-21)27-29-23-22(20-12-5-2-6-13-20)18-34-24(23)26(33)30-27/h1-6,9-10,12-13,18,21H,7-8,11,14-17H2,(H,28,32)(H,29,30,33)/t21-/m1/s1. The molecule has 6 nitrogen and oxygen atoms in total. The maximum Gasteiger partial charge on any atom is 0.270 e. The first kappa shape index (κ1) is 22.3. The molecule has 1 fully saturated rings. The highest BCUT2D eigenvalue weighted by Gasteiger charge is 2.27. The van der Waals surface area contributed by atoms with Crippen molar-refractivity contribution < 1.29 is 4.79 Å². The van der Waals surface area contributed by atoms with Crippen LogP contribution < -0.4 is 15.8 Å². The van der Waals surface area contributed by atoms with Crippen molar-refractivity contribution in [1.82, 2.24) is 15.3 Å². The van der Waals surface area contributed by atoms with Crippen LogP contribution in [-0.4, -0.2) is 35.5 Å². The molecule has 0 radical (unpaired) electrons. The summed E-state index contributed by atoms with van der Waals surface area (Å²) >= 11 is 1.42. The largest absolute Gasteiger partial charge is 0.356 e. The van der Waals surface area contributed by atoms with Crippen molar-refractivity contribution in [3.63, 3.8) is 0 Å². The Hall–Kier alpha value is -3.45. The Morgan fingerprint density at radius 1 is 1.12 bits per heavy atom. The molecule has 1 saturated heterocycles. The van der Waals surface area contributed by atoms with Gasteiger partial charge in [0.05, 0.1) is 11.4 Å². The third-order valence-corrected chi connectivity index (χ3v) is 7.34. The molecule has 174 valence electrons. The number of aromatic nitrogens is 2. The van der Waals surface area contributed by atoms with Gasteiger partial charge in [0.2, 0.25) is 11.9 Å². The van der Waals surface area contributed by atoms with Crippen LogP contribution in [0.25, 0.3) is 21.3 Å². The summed E-state index contributed by atoms with van der Waals surface area (Å²) in [6, 6.07) is 20.3. The van der Waals surface area contributed by atoms with E-state index < -0.39 is 0 Å². The normalized spacial score (nSPS) is 16.0. The van der Waals surface area contributed by atoms with Crippen LogP contribution in [0.3, 0.4) is 0 Å². The number of hydrogen-bond acceptors (Lipinski definition) is 5. The van der Waals surface area contributed by atoms with Crippen molar-refractivity contribution in [2.24, 2.45) is 5.92 Å². The number of anilines is 1. The van der Waals surface area contributed by atoms with E-state index in [9.17, 15) is 9.59 Å². The number of benzene rings is 2. The quantitative estimate of drug-likeness (QED) is 0.385. The minimum Gasteiger partial charge on any atom is -0.356 e. The van der Waals surface area contributed by atoms with E-state index in [0.29, 0.717) is 23.7 Å². The monoisotopic (exact) mass is 472 g/mol. The predicted molar refractivity (Wildman–Crippen MR) is 138 cm³/mol. The van der Waals surface area contributed by atoms with Gasteiger partial charge in [-0.3, -0.25) is 14.6 Å². The average molecular weight is 473 g/mol. The van der Waals surface area contributed by atoms with Crippen molar-refractivity contribution in [2.45, 2.75) is 25.7 Å². The third-order valence-electron chi connectivity index (χ3n) is 6.37. The van der Waals surface area contributed by atoms with Gasteiger partial charge in [-0.05, 0) is 36.8 Å². The van der Waals surface area contributed by atoms with E-state index >= 15 is 0 Å². The van der Waals surface area contributed by atoms with E-state index in [4.69, 9.17) is 4.98 Å². The Bertz CT molecular complexity index is 1320. The molecule has 1 aliphatic rings. The van der Waals surface area contributed by atoms with Crippen molar-refractivity contribution in [3.8, 4) is 11.1 Å². The SMILES string of the molecule is O=C(NCCCc1ccccc1)[C@@H]1CCCN(c2nc3c(-c4ccccc4)csc3c(=O)[nH]2)C1. The second-order valence-electron chi connectivity index (χ2n) is 8.75. The molecular formula is C27H28N4O2S. The Labute approximate surface area is 202 Å². The van der Waals surface area contributed by atoms with E-state index in [-0.39, 0.29) is 17.4 Å². The number of aromatic amines is 1. The van der Waals surface area contributed by atoms with E-state index in [1.165, 1.54) is 16.9 Å². The van der Waals surface area contributed by atoms with Crippen LogP contribution in [0.5, 0.6) is 0 Å². The van der Waals surface area contributed by atoms with Crippen molar-refractivity contribution in [1.29, 1.82) is 0 Å². The van der Waals surface area contributed by atoms with Crippen LogP contribution in [0.2, 0.25) is 0 Å². The lowest BCUT2D eigenvalue weighted by atomic mass is 9.97. The van der Waals surface area contributed by atoms with Gasteiger partial charge in [-0.2, -0.15) is 0 Å². The van der Waals surface area contributed by atoms with Crippen molar-refractivity contribution >= 4 is 33.4 Å². The number of hydrogen-bond donors (Lipinski definition) is 2. The van der Waals surface area contributed by atoms with Crippen LogP contribution in [-0.2, 0) is 11.2 Å². The van der Waals surface area contributed by atoms with Crippen LogP contribution in [0.1, 0.15) is 24.8 Å². The highest BCUT2D eigenvalue weighted by Crippen LogP contribution is 2.32. The zero-order valence-corrected chi connectivity index (χ0v) is 19.8. The fraction of sp³-hybridized carbons (Fsp3) is 0.296. The van der Waals surface area contributed by atoms with E-state index in [2.05, 4.69) is 22.4 Å². The van der Waals surface area contributed by atoms with Gasteiger partial charge in [0.25, 0.3) is 5.56 Å². The van der Waals surface area contributed by atoms with Gasteiger partial charge in [-0.15, -0.1) is 11.3 Å². The van der Waals surface area contributed by atoms with Crippen LogP contribution >= 0.6 is 11.3 Å². The summed E-state index contributed by atoms with van der Waals surface area (Å²) in [5, 5.41) is 5.10. The predicted octanol–water partition coefficient (Wildman–Crippen LogP) is 4.62. The highest BCUT2D eigenvalue weighted by molar-refractivity contribution is 7.17. The number of fused-ring (bicyclic) bond motifs is 1. The second kappa shape index (κ2) is 10.2. The third kappa shape index (κ3) is 4.89. The molecular weight excluding hydrogens is 444 g/mol. The lowest BCUT2D eigenvalue weighted by Gasteiger charge is -2.32. The zero-order valence-electron chi connectivity index (χ0n) is 19.0. The summed E-state index contributed by atoms with van der Waals surface area (Å²) < 4.78 is 0.632. The second-order valence-corrected chi connectivity index (χ2v) is 9.63. The highest BCUT2D eigenvalue weighted by atomic mass is 32.1. The maximum atomic E-state index is 12.8. The minimum absolute atomic E-state index is 0.0849. The molecule has 2 N–H and O–H groups in total. The number of thiophene rings is 1. The van der Waals surface area contributed by atoms with Gasteiger partial charge in [0.1, 0.15) is 4.70 Å². The zero-order chi connectivity index (χ0) is 23.3. The van der Waals surface area contributed by atoms with E-state index in [1.54, 1.807) is 0 Å². The fourth-order valence-electron chi connectivity index (χ4n) is 4.56. The Morgan fingerprint density at radius 2 is 1.88 bits per heavy atom.